The SMILES string of the molecule is COc1ccc(CCC(=O)C(C)(N)c2ccccc2)cc1. The Morgan fingerprint density at radius 2 is 1.71 bits per heavy atom. The van der Waals surface area contributed by atoms with Crippen LogP contribution >= 0.6 is 0 Å². The van der Waals surface area contributed by atoms with E-state index in [9.17, 15) is 4.79 Å². The van der Waals surface area contributed by atoms with Gasteiger partial charge in [-0.15, -0.1) is 0 Å². The zero-order valence-electron chi connectivity index (χ0n) is 12.5. The predicted molar refractivity (Wildman–Crippen MR) is 84.3 cm³/mol. The summed E-state index contributed by atoms with van der Waals surface area (Å²) >= 11 is 0. The number of ether oxygens (including phenoxy) is 1. The highest BCUT2D eigenvalue weighted by Crippen LogP contribution is 2.21. The molecule has 21 heavy (non-hydrogen) atoms. The number of ketones is 1. The largest absolute Gasteiger partial charge is 0.497 e. The van der Waals surface area contributed by atoms with Crippen molar-refractivity contribution in [1.82, 2.24) is 0 Å². The molecule has 2 aromatic carbocycles. The topological polar surface area (TPSA) is 52.3 Å². The number of benzene rings is 2. The number of hydrogen-bond acceptors (Lipinski definition) is 3. The second-order valence-electron chi connectivity index (χ2n) is 5.34. The Morgan fingerprint density at radius 1 is 1.10 bits per heavy atom. The summed E-state index contributed by atoms with van der Waals surface area (Å²) in [5.74, 6) is 0.863. The molecule has 0 heterocycles. The molecule has 0 aliphatic heterocycles. The van der Waals surface area contributed by atoms with E-state index in [1.807, 2.05) is 54.6 Å². The summed E-state index contributed by atoms with van der Waals surface area (Å²) in [5, 5.41) is 0. The molecule has 3 nitrogen and oxygen atoms in total. The maximum absolute atomic E-state index is 12.4. The first-order valence-electron chi connectivity index (χ1n) is 7.04. The van der Waals surface area contributed by atoms with E-state index in [2.05, 4.69) is 0 Å². The van der Waals surface area contributed by atoms with Gasteiger partial charge in [-0.2, -0.15) is 0 Å². The lowest BCUT2D eigenvalue weighted by molar-refractivity contribution is -0.123. The van der Waals surface area contributed by atoms with Gasteiger partial charge in [0.1, 0.15) is 5.75 Å². The highest BCUT2D eigenvalue weighted by Gasteiger charge is 2.29. The van der Waals surface area contributed by atoms with E-state index in [4.69, 9.17) is 10.5 Å². The van der Waals surface area contributed by atoms with Crippen molar-refractivity contribution in [2.24, 2.45) is 5.73 Å². The van der Waals surface area contributed by atoms with Crippen molar-refractivity contribution in [3.63, 3.8) is 0 Å². The van der Waals surface area contributed by atoms with E-state index in [0.717, 1.165) is 16.9 Å². The first kappa shape index (κ1) is 15.3. The molecular formula is C18H21NO2. The van der Waals surface area contributed by atoms with Gasteiger partial charge >= 0.3 is 0 Å². The van der Waals surface area contributed by atoms with Gasteiger partial charge < -0.3 is 10.5 Å². The van der Waals surface area contributed by atoms with Crippen molar-refractivity contribution >= 4 is 5.78 Å². The lowest BCUT2D eigenvalue weighted by atomic mass is 9.86. The molecule has 2 rings (SSSR count). The van der Waals surface area contributed by atoms with Crippen LogP contribution in [0.2, 0.25) is 0 Å². The Hall–Kier alpha value is -2.13. The van der Waals surface area contributed by atoms with Crippen molar-refractivity contribution in [3.8, 4) is 5.75 Å². The molecule has 0 aromatic heterocycles. The summed E-state index contributed by atoms with van der Waals surface area (Å²) in [6.45, 7) is 1.78. The van der Waals surface area contributed by atoms with Gasteiger partial charge in [-0.1, -0.05) is 42.5 Å². The van der Waals surface area contributed by atoms with Gasteiger partial charge in [-0.25, -0.2) is 0 Å². The molecule has 0 spiro atoms. The maximum atomic E-state index is 12.4. The summed E-state index contributed by atoms with van der Waals surface area (Å²) in [7, 11) is 1.64. The minimum absolute atomic E-state index is 0.0459. The highest BCUT2D eigenvalue weighted by atomic mass is 16.5. The normalized spacial score (nSPS) is 13.5. The molecule has 2 aromatic rings. The molecule has 1 unspecified atom stereocenters. The second kappa shape index (κ2) is 6.55. The van der Waals surface area contributed by atoms with E-state index in [0.29, 0.717) is 12.8 Å². The van der Waals surface area contributed by atoms with Crippen molar-refractivity contribution in [2.45, 2.75) is 25.3 Å². The van der Waals surface area contributed by atoms with Crippen molar-refractivity contribution < 1.29 is 9.53 Å². The molecule has 0 fully saturated rings. The number of carbonyl (C=O) groups is 1. The maximum Gasteiger partial charge on any atom is 0.157 e. The van der Waals surface area contributed by atoms with Crippen LogP contribution in [-0.4, -0.2) is 12.9 Å². The third kappa shape index (κ3) is 3.70. The number of methoxy groups -OCH3 is 1. The smallest absolute Gasteiger partial charge is 0.157 e. The minimum atomic E-state index is -0.937. The van der Waals surface area contributed by atoms with E-state index in [1.165, 1.54) is 0 Å². The summed E-state index contributed by atoms with van der Waals surface area (Å²) in [4.78, 5) is 12.4. The van der Waals surface area contributed by atoms with Crippen LogP contribution in [0.4, 0.5) is 0 Å². The monoisotopic (exact) mass is 283 g/mol. The summed E-state index contributed by atoms with van der Waals surface area (Å²) in [6.07, 6.45) is 1.11. The average Bonchev–Trinajstić information content (AvgIpc) is 2.53. The standard InChI is InChI=1S/C18H21NO2/c1-18(19,15-6-4-3-5-7-15)17(20)13-10-14-8-11-16(21-2)12-9-14/h3-9,11-12H,10,13,19H2,1-2H3. The number of nitrogens with two attached hydrogens (primary N) is 1. The highest BCUT2D eigenvalue weighted by molar-refractivity contribution is 5.89. The van der Waals surface area contributed by atoms with Gasteiger partial charge in [0, 0.05) is 6.42 Å². The van der Waals surface area contributed by atoms with Gasteiger partial charge in [0.15, 0.2) is 5.78 Å². The number of Topliss-reactive ketones (excluding diaryl/α,β-unsaturated/α-hetero) is 1. The van der Waals surface area contributed by atoms with Crippen LogP contribution in [0.25, 0.3) is 0 Å². The van der Waals surface area contributed by atoms with Gasteiger partial charge in [-0.3, -0.25) is 4.79 Å². The quantitative estimate of drug-likeness (QED) is 0.886. The number of hydrogen-bond donors (Lipinski definition) is 1. The van der Waals surface area contributed by atoms with Crippen molar-refractivity contribution in [1.29, 1.82) is 0 Å². The molecule has 3 heteroatoms. The van der Waals surface area contributed by atoms with E-state index < -0.39 is 5.54 Å². The van der Waals surface area contributed by atoms with Crippen LogP contribution in [0.5, 0.6) is 5.75 Å². The molecule has 0 saturated carbocycles. The van der Waals surface area contributed by atoms with Crippen molar-refractivity contribution in [2.75, 3.05) is 7.11 Å². The van der Waals surface area contributed by atoms with Crippen LogP contribution < -0.4 is 10.5 Å². The van der Waals surface area contributed by atoms with Crippen LogP contribution in [-0.2, 0) is 16.8 Å². The molecule has 110 valence electrons. The van der Waals surface area contributed by atoms with Crippen LogP contribution in [0.1, 0.15) is 24.5 Å². The Labute approximate surface area is 125 Å². The fraction of sp³-hybridized carbons (Fsp3) is 0.278. The zero-order chi connectivity index (χ0) is 15.3. The average molecular weight is 283 g/mol. The zero-order valence-corrected chi connectivity index (χ0v) is 12.5. The van der Waals surface area contributed by atoms with Crippen LogP contribution in [0.15, 0.2) is 54.6 Å². The fourth-order valence-electron chi connectivity index (χ4n) is 2.26. The van der Waals surface area contributed by atoms with Crippen LogP contribution in [0.3, 0.4) is 0 Å². The Kier molecular flexibility index (Phi) is 4.76. The van der Waals surface area contributed by atoms with E-state index in [-0.39, 0.29) is 5.78 Å². The molecular weight excluding hydrogens is 262 g/mol. The molecule has 0 aliphatic carbocycles. The second-order valence-corrected chi connectivity index (χ2v) is 5.34. The Balaban J connectivity index is 2.00. The Bertz CT molecular complexity index is 588. The fourth-order valence-corrected chi connectivity index (χ4v) is 2.26. The lowest BCUT2D eigenvalue weighted by Gasteiger charge is -2.23. The van der Waals surface area contributed by atoms with Gasteiger partial charge in [0.25, 0.3) is 0 Å². The number of aryl methyl sites for hydroxylation is 1. The predicted octanol–water partition coefficient (Wildman–Crippen LogP) is 3.07. The molecule has 0 aliphatic rings. The number of carbonyl (C=O) groups excluding carboxylic acids is 1. The molecule has 1 atom stereocenters. The first-order chi connectivity index (χ1) is 10.0. The molecule has 0 radical (unpaired) electrons. The molecule has 0 saturated heterocycles. The third-order valence-electron chi connectivity index (χ3n) is 3.75. The van der Waals surface area contributed by atoms with Crippen LogP contribution in [0, 0.1) is 0 Å². The van der Waals surface area contributed by atoms with Gasteiger partial charge in [0.2, 0.25) is 0 Å². The van der Waals surface area contributed by atoms with Crippen molar-refractivity contribution in [3.05, 3.63) is 65.7 Å². The summed E-state index contributed by atoms with van der Waals surface area (Å²) in [5.41, 5.74) is 7.24. The summed E-state index contributed by atoms with van der Waals surface area (Å²) < 4.78 is 5.12. The lowest BCUT2D eigenvalue weighted by Crippen LogP contribution is -2.41. The number of rotatable bonds is 6. The van der Waals surface area contributed by atoms with E-state index in [1.54, 1.807) is 14.0 Å². The minimum Gasteiger partial charge on any atom is -0.497 e. The Morgan fingerprint density at radius 3 is 2.29 bits per heavy atom. The van der Waals surface area contributed by atoms with Gasteiger partial charge in [0.05, 0.1) is 12.6 Å². The summed E-state index contributed by atoms with van der Waals surface area (Å²) in [6, 6.07) is 17.3. The first-order valence-corrected chi connectivity index (χ1v) is 7.04. The third-order valence-corrected chi connectivity index (χ3v) is 3.75. The van der Waals surface area contributed by atoms with Gasteiger partial charge in [-0.05, 0) is 36.6 Å². The van der Waals surface area contributed by atoms with E-state index >= 15 is 0 Å². The molecule has 0 bridgehead atoms. The molecule has 0 amide bonds. The molecule has 2 N–H and O–H groups in total.